The van der Waals surface area contributed by atoms with Gasteiger partial charge in [0.25, 0.3) is 11.5 Å². The molecule has 0 spiro atoms. The first kappa shape index (κ1) is 22.6. The van der Waals surface area contributed by atoms with E-state index >= 15 is 0 Å². The number of H-pyrrole nitrogens is 1. The molecule has 2 aromatic carbocycles. The van der Waals surface area contributed by atoms with Crippen LogP contribution in [0.2, 0.25) is 0 Å². The van der Waals surface area contributed by atoms with Crippen LogP contribution in [0.25, 0.3) is 11.0 Å². The number of aromatic amines is 1. The van der Waals surface area contributed by atoms with Gasteiger partial charge in [-0.3, -0.25) is 9.59 Å². The van der Waals surface area contributed by atoms with Gasteiger partial charge in [-0.25, -0.2) is 20.4 Å². The lowest BCUT2D eigenvalue weighted by molar-refractivity contribution is -0.991. The number of amides is 3. The molecule has 12 heteroatoms. The molecule has 166 valence electrons. The van der Waals surface area contributed by atoms with Gasteiger partial charge in [-0.2, -0.15) is 10.3 Å². The monoisotopic (exact) mass is 439 g/mol. The molecule has 12 nitrogen and oxygen atoms in total. The Balaban J connectivity index is 1.95. The van der Waals surface area contributed by atoms with Gasteiger partial charge in [0.1, 0.15) is 11.4 Å². The Labute approximate surface area is 181 Å². The number of rotatable bonds is 6. The van der Waals surface area contributed by atoms with Gasteiger partial charge in [0, 0.05) is 24.2 Å². The molecule has 0 aliphatic rings. The summed E-state index contributed by atoms with van der Waals surface area (Å²) >= 11 is 0. The van der Waals surface area contributed by atoms with Crippen molar-refractivity contribution in [3.05, 3.63) is 68.8 Å². The number of urea groups is 1. The Bertz CT molecular complexity index is 1260. The summed E-state index contributed by atoms with van der Waals surface area (Å²) in [5.41, 5.74) is 8.91. The number of hydrogen-bond donors (Lipinski definition) is 6. The van der Waals surface area contributed by atoms with Gasteiger partial charge < -0.3 is 21.2 Å². The molecule has 0 saturated carbocycles. The van der Waals surface area contributed by atoms with Gasteiger partial charge in [-0.1, -0.05) is 18.2 Å². The van der Waals surface area contributed by atoms with E-state index in [1.54, 1.807) is 0 Å². The third kappa shape index (κ3) is 5.13. The second-order valence-electron chi connectivity index (χ2n) is 6.98. The van der Waals surface area contributed by atoms with Crippen molar-refractivity contribution in [1.29, 1.82) is 0 Å². The van der Waals surface area contributed by atoms with Gasteiger partial charge in [-0.05, 0) is 31.0 Å². The third-order valence-corrected chi connectivity index (χ3v) is 4.63. The van der Waals surface area contributed by atoms with E-state index in [4.69, 9.17) is 10.9 Å². The maximum absolute atomic E-state index is 12.9. The number of anilines is 1. The maximum atomic E-state index is 12.9. The smallest absolute Gasteiger partial charge is 0.332 e. The fraction of sp³-hybridized carbons (Fsp3) is 0.150. The number of nitrogens with zero attached hydrogens (tertiary/aromatic N) is 2. The average molecular weight is 439 g/mol. The summed E-state index contributed by atoms with van der Waals surface area (Å²) < 4.78 is 0. The second kappa shape index (κ2) is 9.34. The molecule has 3 amide bonds. The molecule has 32 heavy (non-hydrogen) atoms. The minimum atomic E-state index is -1.15. The number of carbonyl (C=O) groups is 2. The van der Waals surface area contributed by atoms with E-state index in [-0.39, 0.29) is 29.0 Å². The first-order chi connectivity index (χ1) is 15.2. The van der Waals surface area contributed by atoms with E-state index < -0.39 is 22.7 Å². The molecule has 0 radical (unpaired) electrons. The van der Waals surface area contributed by atoms with Crippen LogP contribution >= 0.6 is 0 Å². The molecule has 0 aliphatic carbocycles. The standard InChI is InChI=1S/C20H21N7O5/c1-10-4-3-5-11(2)17(10)24-19(29)16(25-26-20(21)30)9-15-18(28)23-14-8-12(27(31)32)6-7-13(14)22-15/h3-8,27,31H,9H2,1-2H3,(H,23,28)(H,24,29)(H3,21,26,30)/b25-16+. The van der Waals surface area contributed by atoms with Gasteiger partial charge >= 0.3 is 6.03 Å². The summed E-state index contributed by atoms with van der Waals surface area (Å²) in [5, 5.41) is 25.5. The Kier molecular flexibility index (Phi) is 6.59. The van der Waals surface area contributed by atoms with Crippen LogP contribution < -0.4 is 27.3 Å². The molecule has 3 aromatic rings. The zero-order chi connectivity index (χ0) is 23.4. The van der Waals surface area contributed by atoms with Gasteiger partial charge in [0.2, 0.25) is 0 Å². The van der Waals surface area contributed by atoms with E-state index in [0.717, 1.165) is 11.1 Å². The summed E-state index contributed by atoms with van der Waals surface area (Å²) in [6, 6.07) is 8.57. The number of primary amides is 1. The summed E-state index contributed by atoms with van der Waals surface area (Å²) in [5.74, 6) is -0.654. The SMILES string of the molecule is Cc1cccc(C)c1NC(=O)/C(Cc1nc2ccc([NH+]([O-])O)cc2[nH]c1=O)=N/NC(N)=O. The third-order valence-electron chi connectivity index (χ3n) is 4.63. The van der Waals surface area contributed by atoms with Crippen LogP contribution in [-0.4, -0.2) is 32.8 Å². The predicted octanol–water partition coefficient (Wildman–Crippen LogP) is 0.149. The highest BCUT2D eigenvalue weighted by Crippen LogP contribution is 2.19. The zero-order valence-corrected chi connectivity index (χ0v) is 17.2. The van der Waals surface area contributed by atoms with Crippen LogP contribution in [0.4, 0.5) is 16.2 Å². The summed E-state index contributed by atoms with van der Waals surface area (Å²) in [4.78, 5) is 43.3. The molecule has 0 saturated heterocycles. The van der Waals surface area contributed by atoms with Crippen LogP contribution in [0.15, 0.2) is 46.3 Å². The summed E-state index contributed by atoms with van der Waals surface area (Å²) in [7, 11) is 0. The predicted molar refractivity (Wildman–Crippen MR) is 117 cm³/mol. The van der Waals surface area contributed by atoms with Crippen molar-refractivity contribution in [3.8, 4) is 0 Å². The van der Waals surface area contributed by atoms with E-state index in [1.807, 2.05) is 37.5 Å². The van der Waals surface area contributed by atoms with Crippen molar-refractivity contribution >= 4 is 40.1 Å². The zero-order valence-electron chi connectivity index (χ0n) is 17.2. The molecule has 0 bridgehead atoms. The summed E-state index contributed by atoms with van der Waals surface area (Å²) in [6.45, 7) is 3.64. The fourth-order valence-electron chi connectivity index (χ4n) is 3.03. The number of carbonyl (C=O) groups excluding carboxylic acids is 2. The lowest BCUT2D eigenvalue weighted by Gasteiger charge is -2.13. The molecule has 1 atom stereocenters. The Morgan fingerprint density at radius 3 is 2.56 bits per heavy atom. The number of hydrogen-bond acceptors (Lipinski definition) is 7. The van der Waals surface area contributed by atoms with Crippen molar-refractivity contribution in [3.63, 3.8) is 0 Å². The van der Waals surface area contributed by atoms with Crippen molar-refractivity contribution in [2.45, 2.75) is 20.3 Å². The number of hydrazone groups is 1. The average Bonchev–Trinajstić information content (AvgIpc) is 2.73. The number of aromatic nitrogens is 2. The number of fused-ring (bicyclic) bond motifs is 1. The highest BCUT2D eigenvalue weighted by molar-refractivity contribution is 6.43. The van der Waals surface area contributed by atoms with Crippen LogP contribution in [0.1, 0.15) is 16.8 Å². The number of benzene rings is 2. The van der Waals surface area contributed by atoms with Crippen LogP contribution in [0.3, 0.4) is 0 Å². The van der Waals surface area contributed by atoms with Crippen LogP contribution in [0, 0.1) is 19.1 Å². The highest BCUT2D eigenvalue weighted by atomic mass is 16.8. The number of quaternary nitrogens is 1. The van der Waals surface area contributed by atoms with E-state index in [0.29, 0.717) is 11.2 Å². The Morgan fingerprint density at radius 2 is 1.94 bits per heavy atom. The molecular weight excluding hydrogens is 418 g/mol. The van der Waals surface area contributed by atoms with Crippen LogP contribution in [-0.2, 0) is 11.2 Å². The molecule has 3 rings (SSSR count). The van der Waals surface area contributed by atoms with Gasteiger partial charge in [0.05, 0.1) is 11.0 Å². The van der Waals surface area contributed by atoms with E-state index in [9.17, 15) is 19.6 Å². The molecule has 1 aromatic heterocycles. The fourth-order valence-corrected chi connectivity index (χ4v) is 3.03. The summed E-state index contributed by atoms with van der Waals surface area (Å²) in [6.07, 6.45) is -0.316. The normalized spacial score (nSPS) is 12.4. The minimum Gasteiger partial charge on any atom is -0.595 e. The van der Waals surface area contributed by atoms with Crippen molar-refractivity contribution < 1.29 is 20.0 Å². The molecule has 0 fully saturated rings. The number of nitrogens with two attached hydrogens (primary N) is 1. The number of aryl methyl sites for hydroxylation is 2. The Morgan fingerprint density at radius 1 is 1.25 bits per heavy atom. The van der Waals surface area contributed by atoms with Gasteiger partial charge in [-0.15, -0.1) is 0 Å². The lowest BCUT2D eigenvalue weighted by atomic mass is 10.1. The minimum absolute atomic E-state index is 0.0106. The number of nitrogens with one attached hydrogen (secondary N) is 4. The van der Waals surface area contributed by atoms with E-state index in [1.165, 1.54) is 18.2 Å². The lowest BCUT2D eigenvalue weighted by Crippen LogP contribution is -2.99. The van der Waals surface area contributed by atoms with Gasteiger partial charge in [0.15, 0.2) is 5.69 Å². The van der Waals surface area contributed by atoms with Crippen molar-refractivity contribution in [2.24, 2.45) is 10.8 Å². The topological polar surface area (TPSA) is 190 Å². The molecular formula is C20H21N7O5. The quantitative estimate of drug-likeness (QED) is 0.234. The highest BCUT2D eigenvalue weighted by Gasteiger charge is 2.19. The molecule has 7 N–H and O–H groups in total. The number of para-hydroxylation sites is 1. The Hall–Kier alpha value is -4.13. The second-order valence-corrected chi connectivity index (χ2v) is 6.98. The molecule has 1 unspecified atom stereocenters. The van der Waals surface area contributed by atoms with Crippen molar-refractivity contribution in [2.75, 3.05) is 5.32 Å². The largest absolute Gasteiger partial charge is 0.595 e. The first-order valence-electron chi connectivity index (χ1n) is 9.41. The van der Waals surface area contributed by atoms with Crippen LogP contribution in [0.5, 0.6) is 0 Å². The maximum Gasteiger partial charge on any atom is 0.332 e. The molecule has 1 heterocycles. The molecule has 0 aliphatic heterocycles. The van der Waals surface area contributed by atoms with E-state index in [2.05, 4.69) is 20.4 Å². The van der Waals surface area contributed by atoms with Crippen molar-refractivity contribution in [1.82, 2.24) is 15.4 Å². The first-order valence-corrected chi connectivity index (χ1v) is 9.41.